The Morgan fingerprint density at radius 3 is 2.21 bits per heavy atom. The third-order valence-corrected chi connectivity index (χ3v) is 6.07. The number of nitrogens with one attached hydrogen (secondary N) is 1. The summed E-state index contributed by atoms with van der Waals surface area (Å²) in [6.07, 6.45) is 0. The van der Waals surface area contributed by atoms with Crippen molar-refractivity contribution in [3.63, 3.8) is 0 Å². The number of fused-ring (bicyclic) bond motifs is 1. The van der Waals surface area contributed by atoms with Crippen LogP contribution in [-0.2, 0) is 19.6 Å². The van der Waals surface area contributed by atoms with Crippen LogP contribution in [0.2, 0.25) is 0 Å². The topological polar surface area (TPSA) is 72.7 Å². The molecule has 6 nitrogen and oxygen atoms in total. The van der Waals surface area contributed by atoms with E-state index in [9.17, 15) is 9.90 Å². The first-order valence-electron chi connectivity index (χ1n) is 11.2. The molecule has 0 saturated heterocycles. The van der Waals surface area contributed by atoms with Gasteiger partial charge < -0.3 is 24.5 Å². The van der Waals surface area contributed by atoms with Gasteiger partial charge in [0, 0.05) is 36.1 Å². The summed E-state index contributed by atoms with van der Waals surface area (Å²) in [5, 5.41) is 14.6. The summed E-state index contributed by atoms with van der Waals surface area (Å²) >= 11 is 0. The number of hydrogen-bond donors (Lipinski definition) is 2. The van der Waals surface area contributed by atoms with Crippen molar-refractivity contribution in [2.45, 2.75) is 33.5 Å². The molecule has 0 aliphatic rings. The van der Waals surface area contributed by atoms with Crippen molar-refractivity contribution < 1.29 is 19.4 Å². The molecular formula is C28H30N2O4. The summed E-state index contributed by atoms with van der Waals surface area (Å²) in [5.41, 5.74) is 6.40. The van der Waals surface area contributed by atoms with Gasteiger partial charge in [0.15, 0.2) is 11.5 Å². The predicted octanol–water partition coefficient (Wildman–Crippen LogP) is 5.31. The average molecular weight is 459 g/mol. The largest absolute Gasteiger partial charge is 0.493 e. The molecule has 1 aromatic heterocycles. The van der Waals surface area contributed by atoms with Gasteiger partial charge in [0.05, 0.1) is 14.2 Å². The smallest absolute Gasteiger partial charge is 0.352 e. The first kappa shape index (κ1) is 23.4. The number of aromatic nitrogens is 1. The Morgan fingerprint density at radius 2 is 1.53 bits per heavy atom. The van der Waals surface area contributed by atoms with Crippen LogP contribution >= 0.6 is 0 Å². The van der Waals surface area contributed by atoms with Crippen molar-refractivity contribution in [2.24, 2.45) is 0 Å². The van der Waals surface area contributed by atoms with Crippen LogP contribution in [-0.4, -0.2) is 29.9 Å². The summed E-state index contributed by atoms with van der Waals surface area (Å²) in [6.45, 7) is 5.56. The quantitative estimate of drug-likeness (QED) is 0.356. The fourth-order valence-electron chi connectivity index (χ4n) is 4.32. The lowest BCUT2D eigenvalue weighted by Gasteiger charge is -2.11. The summed E-state index contributed by atoms with van der Waals surface area (Å²) in [5.74, 6) is 0.413. The summed E-state index contributed by atoms with van der Waals surface area (Å²) in [4.78, 5) is 12.4. The minimum absolute atomic E-state index is 0.320. The first-order valence-corrected chi connectivity index (χ1v) is 11.2. The van der Waals surface area contributed by atoms with Crippen LogP contribution in [0.1, 0.15) is 38.3 Å². The molecule has 1 heterocycles. The van der Waals surface area contributed by atoms with Gasteiger partial charge in [-0.3, -0.25) is 0 Å². The number of carboxylic acids is 1. The Bertz CT molecular complexity index is 1320. The molecule has 0 radical (unpaired) electrons. The normalized spacial score (nSPS) is 11.1. The number of methoxy groups -OCH3 is 2. The molecule has 3 aromatic carbocycles. The molecule has 0 atom stereocenters. The number of carbonyl (C=O) groups is 1. The molecule has 34 heavy (non-hydrogen) atoms. The van der Waals surface area contributed by atoms with E-state index in [1.165, 1.54) is 5.56 Å². The molecule has 0 spiro atoms. The Labute approximate surface area is 199 Å². The Hall–Kier alpha value is -3.77. The molecule has 4 rings (SSSR count). The van der Waals surface area contributed by atoms with Crippen LogP contribution in [0.5, 0.6) is 11.5 Å². The Kier molecular flexibility index (Phi) is 6.89. The van der Waals surface area contributed by atoms with E-state index in [1.807, 2.05) is 48.7 Å². The molecule has 2 N–H and O–H groups in total. The fraction of sp³-hybridized carbons (Fsp3) is 0.250. The molecule has 0 unspecified atom stereocenters. The van der Waals surface area contributed by atoms with Gasteiger partial charge in [0.2, 0.25) is 0 Å². The van der Waals surface area contributed by atoms with E-state index in [0.29, 0.717) is 36.8 Å². The van der Waals surface area contributed by atoms with Crippen molar-refractivity contribution >= 4 is 16.9 Å². The lowest BCUT2D eigenvalue weighted by molar-refractivity contribution is 0.0684. The molecule has 0 saturated carbocycles. The number of nitrogens with zero attached hydrogens (tertiary/aromatic N) is 1. The third kappa shape index (κ3) is 4.77. The maximum atomic E-state index is 12.4. The summed E-state index contributed by atoms with van der Waals surface area (Å²) < 4.78 is 12.6. The van der Waals surface area contributed by atoms with Crippen LogP contribution in [0.3, 0.4) is 0 Å². The van der Waals surface area contributed by atoms with Crippen molar-refractivity contribution in [3.05, 3.63) is 94.2 Å². The van der Waals surface area contributed by atoms with Gasteiger partial charge in [-0.25, -0.2) is 4.79 Å². The molecule has 0 fully saturated rings. The van der Waals surface area contributed by atoms with E-state index in [2.05, 4.69) is 35.6 Å². The molecule has 6 heteroatoms. The Balaban J connectivity index is 1.67. The maximum absolute atomic E-state index is 12.4. The second kappa shape index (κ2) is 10.0. The standard InChI is InChI=1S/C28H30N2O4/c1-18-5-8-20(9-6-18)17-30-24-13-19(2)7-11-22(24)23(27(30)28(31)32)16-29-15-21-10-12-25(33-3)26(14-21)34-4/h5-14,29H,15-17H2,1-4H3,(H,31,32). The van der Waals surface area contributed by atoms with Crippen LogP contribution in [0, 0.1) is 13.8 Å². The van der Waals surface area contributed by atoms with Crippen LogP contribution < -0.4 is 14.8 Å². The minimum atomic E-state index is -0.927. The first-order chi connectivity index (χ1) is 16.4. The van der Waals surface area contributed by atoms with Crippen molar-refractivity contribution in [1.29, 1.82) is 0 Å². The number of aryl methyl sites for hydroxylation is 2. The highest BCUT2D eigenvalue weighted by Gasteiger charge is 2.22. The molecule has 0 amide bonds. The molecule has 0 aliphatic carbocycles. The van der Waals surface area contributed by atoms with Gasteiger partial charge in [-0.2, -0.15) is 0 Å². The lowest BCUT2D eigenvalue weighted by Crippen LogP contribution is -2.17. The van der Waals surface area contributed by atoms with Crippen molar-refractivity contribution in [3.8, 4) is 11.5 Å². The van der Waals surface area contributed by atoms with Gasteiger partial charge in [-0.1, -0.05) is 48.0 Å². The van der Waals surface area contributed by atoms with Gasteiger partial charge in [0.25, 0.3) is 0 Å². The summed E-state index contributed by atoms with van der Waals surface area (Å²) in [6, 6.07) is 20.1. The molecule has 0 bridgehead atoms. The second-order valence-electron chi connectivity index (χ2n) is 8.52. The highest BCUT2D eigenvalue weighted by atomic mass is 16.5. The maximum Gasteiger partial charge on any atom is 0.352 e. The van der Waals surface area contributed by atoms with Crippen molar-refractivity contribution in [1.82, 2.24) is 9.88 Å². The zero-order valence-electron chi connectivity index (χ0n) is 20.0. The number of hydrogen-bond acceptors (Lipinski definition) is 4. The van der Waals surface area contributed by atoms with Crippen LogP contribution in [0.25, 0.3) is 10.9 Å². The molecular weight excluding hydrogens is 428 g/mol. The van der Waals surface area contributed by atoms with E-state index >= 15 is 0 Å². The second-order valence-corrected chi connectivity index (χ2v) is 8.52. The molecule has 0 aliphatic heterocycles. The number of benzene rings is 3. The lowest BCUT2D eigenvalue weighted by atomic mass is 10.1. The highest BCUT2D eigenvalue weighted by molar-refractivity contribution is 5.98. The van der Waals surface area contributed by atoms with E-state index in [1.54, 1.807) is 14.2 Å². The zero-order valence-corrected chi connectivity index (χ0v) is 20.0. The van der Waals surface area contributed by atoms with E-state index in [4.69, 9.17) is 9.47 Å². The van der Waals surface area contributed by atoms with Crippen molar-refractivity contribution in [2.75, 3.05) is 14.2 Å². The van der Waals surface area contributed by atoms with E-state index in [-0.39, 0.29) is 0 Å². The van der Waals surface area contributed by atoms with E-state index in [0.717, 1.165) is 33.2 Å². The monoisotopic (exact) mass is 458 g/mol. The number of carboxylic acid groups (broad SMARTS) is 1. The van der Waals surface area contributed by atoms with Gasteiger partial charge >= 0.3 is 5.97 Å². The molecule has 176 valence electrons. The third-order valence-electron chi connectivity index (χ3n) is 6.07. The van der Waals surface area contributed by atoms with Gasteiger partial charge in [0.1, 0.15) is 5.69 Å². The SMILES string of the molecule is COc1ccc(CNCc2c(C(=O)O)n(Cc3ccc(C)cc3)c3cc(C)ccc23)cc1OC. The van der Waals surface area contributed by atoms with Crippen LogP contribution in [0.15, 0.2) is 60.7 Å². The molecule has 4 aromatic rings. The fourth-order valence-corrected chi connectivity index (χ4v) is 4.32. The van der Waals surface area contributed by atoms with Gasteiger partial charge in [-0.05, 0) is 48.7 Å². The Morgan fingerprint density at radius 1 is 0.853 bits per heavy atom. The highest BCUT2D eigenvalue weighted by Crippen LogP contribution is 2.30. The number of aromatic carboxylic acids is 1. The summed E-state index contributed by atoms with van der Waals surface area (Å²) in [7, 11) is 3.22. The van der Waals surface area contributed by atoms with Crippen LogP contribution in [0.4, 0.5) is 0 Å². The minimum Gasteiger partial charge on any atom is -0.493 e. The zero-order chi connectivity index (χ0) is 24.2. The van der Waals surface area contributed by atoms with E-state index < -0.39 is 5.97 Å². The number of rotatable bonds is 9. The number of ether oxygens (including phenoxy) is 2. The predicted molar refractivity (Wildman–Crippen MR) is 134 cm³/mol. The van der Waals surface area contributed by atoms with Gasteiger partial charge in [-0.15, -0.1) is 0 Å². The average Bonchev–Trinajstić information content (AvgIpc) is 3.12.